The number of sulfonamides is 1. The summed E-state index contributed by atoms with van der Waals surface area (Å²) in [6.45, 7) is 5.28. The fraction of sp³-hybridized carbons (Fsp3) is 0.143. The van der Waals surface area contributed by atoms with Gasteiger partial charge in [-0.3, -0.25) is 9.10 Å². The molecule has 0 aliphatic carbocycles. The lowest BCUT2D eigenvalue weighted by atomic mass is 10.2. The van der Waals surface area contributed by atoms with Crippen LogP contribution in [0.4, 0.5) is 10.1 Å². The van der Waals surface area contributed by atoms with E-state index in [2.05, 4.69) is 31.0 Å². The number of nitrogens with one attached hydrogen (secondary N) is 1. The quantitative estimate of drug-likeness (QED) is 0.211. The third-order valence-electron chi connectivity index (χ3n) is 5.97. The zero-order valence-corrected chi connectivity index (χ0v) is 23.4. The number of carbonyl (C=O) groups excluding carboxylic acids is 1. The molecule has 0 atom stereocenters. The second-order valence-electron chi connectivity index (χ2n) is 8.71. The Hall–Kier alpha value is -3.76. The van der Waals surface area contributed by atoms with Crippen LogP contribution in [0.2, 0.25) is 0 Å². The molecule has 3 aromatic carbocycles. The van der Waals surface area contributed by atoms with E-state index in [1.54, 1.807) is 24.3 Å². The molecule has 4 aromatic rings. The van der Waals surface area contributed by atoms with Crippen LogP contribution >= 0.6 is 15.9 Å². The molecule has 196 valence electrons. The molecule has 10 heteroatoms. The van der Waals surface area contributed by atoms with Gasteiger partial charge < -0.3 is 4.57 Å². The van der Waals surface area contributed by atoms with Crippen LogP contribution in [0, 0.1) is 26.6 Å². The zero-order valence-electron chi connectivity index (χ0n) is 21.0. The van der Waals surface area contributed by atoms with Crippen LogP contribution in [0.3, 0.4) is 0 Å². The summed E-state index contributed by atoms with van der Waals surface area (Å²) in [5.41, 5.74) is 7.35. The number of aryl methyl sites for hydroxylation is 2. The Kier molecular flexibility index (Phi) is 8.13. The molecule has 0 bridgehead atoms. The smallest absolute Gasteiger partial charge is 0.264 e. The number of para-hydroxylation sites is 1. The highest BCUT2D eigenvalue weighted by Gasteiger charge is 2.27. The molecule has 0 spiro atoms. The van der Waals surface area contributed by atoms with Crippen molar-refractivity contribution in [3.63, 3.8) is 0 Å². The molecule has 7 nitrogen and oxygen atoms in total. The van der Waals surface area contributed by atoms with Gasteiger partial charge in [-0.1, -0.05) is 29.8 Å². The topological polar surface area (TPSA) is 83.8 Å². The first-order valence-electron chi connectivity index (χ1n) is 11.7. The Bertz CT molecular complexity index is 1600. The van der Waals surface area contributed by atoms with Crippen molar-refractivity contribution in [3.05, 3.63) is 112 Å². The van der Waals surface area contributed by atoms with Gasteiger partial charge >= 0.3 is 0 Å². The minimum atomic E-state index is -4.15. The fourth-order valence-corrected chi connectivity index (χ4v) is 5.90. The van der Waals surface area contributed by atoms with Gasteiger partial charge in [0.15, 0.2) is 0 Å². The fourth-order valence-electron chi connectivity index (χ4n) is 4.02. The van der Waals surface area contributed by atoms with Crippen LogP contribution in [0.15, 0.2) is 93.3 Å². The van der Waals surface area contributed by atoms with Crippen molar-refractivity contribution in [2.75, 3.05) is 10.8 Å². The van der Waals surface area contributed by atoms with Crippen molar-refractivity contribution >= 4 is 43.8 Å². The van der Waals surface area contributed by atoms with E-state index in [4.69, 9.17) is 0 Å². The van der Waals surface area contributed by atoms with Crippen molar-refractivity contribution in [1.82, 2.24) is 9.99 Å². The molecule has 0 radical (unpaired) electrons. The summed E-state index contributed by atoms with van der Waals surface area (Å²) < 4.78 is 44.2. The SMILES string of the molecule is Cc1ccc(N(CC(=O)N/N=C\c2cc(C)n(-c3ccccc3Br)c2C)S(=O)(=O)c2ccc(F)cc2)cc1. The predicted molar refractivity (Wildman–Crippen MR) is 151 cm³/mol. The van der Waals surface area contributed by atoms with E-state index in [0.717, 1.165) is 49.1 Å². The van der Waals surface area contributed by atoms with Crippen LogP contribution in [-0.4, -0.2) is 31.7 Å². The van der Waals surface area contributed by atoms with E-state index >= 15 is 0 Å². The predicted octanol–water partition coefficient (Wildman–Crippen LogP) is 5.65. The van der Waals surface area contributed by atoms with Gasteiger partial charge in [-0.25, -0.2) is 18.2 Å². The summed E-state index contributed by atoms with van der Waals surface area (Å²) >= 11 is 3.58. The molecule has 0 fully saturated rings. The van der Waals surface area contributed by atoms with Crippen LogP contribution in [-0.2, 0) is 14.8 Å². The van der Waals surface area contributed by atoms with Crippen LogP contribution in [0.25, 0.3) is 5.69 Å². The molecule has 0 saturated heterocycles. The van der Waals surface area contributed by atoms with Gasteiger partial charge in [0.2, 0.25) is 0 Å². The van der Waals surface area contributed by atoms with E-state index in [0.29, 0.717) is 5.69 Å². The lowest BCUT2D eigenvalue weighted by Gasteiger charge is -2.23. The van der Waals surface area contributed by atoms with Gasteiger partial charge in [-0.2, -0.15) is 5.10 Å². The largest absolute Gasteiger partial charge is 0.317 e. The summed E-state index contributed by atoms with van der Waals surface area (Å²) in [6.07, 6.45) is 1.53. The summed E-state index contributed by atoms with van der Waals surface area (Å²) in [5, 5.41) is 4.08. The van der Waals surface area contributed by atoms with E-state index in [1.807, 2.05) is 51.1 Å². The molecule has 4 rings (SSSR count). The number of carbonyl (C=O) groups is 1. The first-order valence-corrected chi connectivity index (χ1v) is 13.9. The number of hydrazone groups is 1. The highest BCUT2D eigenvalue weighted by molar-refractivity contribution is 9.10. The first-order chi connectivity index (χ1) is 18.1. The van der Waals surface area contributed by atoms with Gasteiger partial charge in [0, 0.05) is 21.4 Å². The number of aromatic nitrogens is 1. The van der Waals surface area contributed by atoms with E-state index < -0.39 is 28.3 Å². The molecule has 0 saturated carbocycles. The van der Waals surface area contributed by atoms with Crippen molar-refractivity contribution in [2.24, 2.45) is 5.10 Å². The number of nitrogens with zero attached hydrogens (tertiary/aromatic N) is 3. The Morgan fingerprint density at radius 3 is 2.34 bits per heavy atom. The number of rotatable bonds is 8. The van der Waals surface area contributed by atoms with E-state index in [-0.39, 0.29) is 4.90 Å². The molecule has 0 aliphatic rings. The lowest BCUT2D eigenvalue weighted by Crippen LogP contribution is -2.39. The maximum atomic E-state index is 13.4. The van der Waals surface area contributed by atoms with Gasteiger partial charge in [0.1, 0.15) is 12.4 Å². The zero-order chi connectivity index (χ0) is 27.4. The normalized spacial score (nSPS) is 11.6. The summed E-state index contributed by atoms with van der Waals surface area (Å²) in [4.78, 5) is 12.7. The molecular weight excluding hydrogens is 571 g/mol. The number of amides is 1. The number of benzene rings is 3. The molecule has 0 unspecified atom stereocenters. The molecule has 1 amide bonds. The maximum Gasteiger partial charge on any atom is 0.264 e. The number of halogens is 2. The summed E-state index contributed by atoms with van der Waals surface area (Å²) in [6, 6.07) is 21.0. The van der Waals surface area contributed by atoms with Crippen molar-refractivity contribution in [3.8, 4) is 5.69 Å². The Labute approximate surface area is 229 Å². The Morgan fingerprint density at radius 1 is 1.03 bits per heavy atom. The standard InChI is InChI=1S/C28H26BrFN4O3S/c1-19-8-12-24(13-9-19)33(38(36,37)25-14-10-23(30)11-15-25)18-28(35)32-31-17-22-16-20(2)34(21(22)3)27-7-5-4-6-26(27)29/h4-17H,18H2,1-3H3,(H,32,35)/b31-17-. The second kappa shape index (κ2) is 11.3. The maximum absolute atomic E-state index is 13.4. The number of hydrogen-bond acceptors (Lipinski definition) is 4. The highest BCUT2D eigenvalue weighted by atomic mass is 79.9. The van der Waals surface area contributed by atoms with Gasteiger partial charge in [-0.05, 0) is 91.3 Å². The van der Waals surface area contributed by atoms with Gasteiger partial charge in [0.25, 0.3) is 15.9 Å². The van der Waals surface area contributed by atoms with Crippen LogP contribution in [0.5, 0.6) is 0 Å². The van der Waals surface area contributed by atoms with Gasteiger partial charge in [0.05, 0.1) is 22.5 Å². The third-order valence-corrected chi connectivity index (χ3v) is 8.43. The molecule has 1 aromatic heterocycles. The lowest BCUT2D eigenvalue weighted by molar-refractivity contribution is -0.119. The van der Waals surface area contributed by atoms with E-state index in [9.17, 15) is 17.6 Å². The minimum absolute atomic E-state index is 0.129. The molecule has 0 aliphatic heterocycles. The average molecular weight is 598 g/mol. The second-order valence-corrected chi connectivity index (χ2v) is 11.4. The van der Waals surface area contributed by atoms with Crippen molar-refractivity contribution in [2.45, 2.75) is 25.7 Å². The number of anilines is 1. The van der Waals surface area contributed by atoms with E-state index in [1.165, 1.54) is 18.3 Å². The summed E-state index contributed by atoms with van der Waals surface area (Å²) in [5.74, 6) is -1.19. The van der Waals surface area contributed by atoms with Gasteiger partial charge in [-0.15, -0.1) is 0 Å². The first kappa shape index (κ1) is 27.3. The third kappa shape index (κ3) is 5.87. The number of hydrogen-bond donors (Lipinski definition) is 1. The molecule has 38 heavy (non-hydrogen) atoms. The van der Waals surface area contributed by atoms with Crippen molar-refractivity contribution in [1.29, 1.82) is 0 Å². The molecular formula is C28H26BrFN4O3S. The average Bonchev–Trinajstić information content (AvgIpc) is 3.16. The van der Waals surface area contributed by atoms with Crippen LogP contribution in [0.1, 0.15) is 22.5 Å². The highest BCUT2D eigenvalue weighted by Crippen LogP contribution is 2.26. The molecule has 1 N–H and O–H groups in total. The minimum Gasteiger partial charge on any atom is -0.317 e. The Balaban J connectivity index is 1.56. The molecule has 1 heterocycles. The van der Waals surface area contributed by atoms with Crippen LogP contribution < -0.4 is 9.73 Å². The van der Waals surface area contributed by atoms with Crippen molar-refractivity contribution < 1.29 is 17.6 Å². The summed E-state index contributed by atoms with van der Waals surface area (Å²) in [7, 11) is -4.15. The monoisotopic (exact) mass is 596 g/mol. The Morgan fingerprint density at radius 2 is 1.68 bits per heavy atom.